The molecular formula is C24H50N3O2+. The Kier molecular flexibility index (Phi) is 17.1. The third kappa shape index (κ3) is 14.5. The summed E-state index contributed by atoms with van der Waals surface area (Å²) in [5.74, 6) is -0.953. The lowest BCUT2D eigenvalue weighted by Gasteiger charge is -2.32. The molecule has 0 saturated heterocycles. The molecule has 0 saturated carbocycles. The Morgan fingerprint density at radius 1 is 0.759 bits per heavy atom. The van der Waals surface area contributed by atoms with Crippen molar-refractivity contribution in [1.82, 2.24) is 0 Å². The molecule has 0 aromatic heterocycles. The van der Waals surface area contributed by atoms with E-state index < -0.39 is 12.0 Å². The Bertz CT molecular complexity index is 424. The number of guanidine groups is 1. The largest absolute Gasteiger partial charge is 0.477 e. The van der Waals surface area contributed by atoms with Gasteiger partial charge in [-0.05, 0) is 6.42 Å². The summed E-state index contributed by atoms with van der Waals surface area (Å²) in [6.07, 6.45) is 23.0. The van der Waals surface area contributed by atoms with Crippen molar-refractivity contribution in [1.29, 1.82) is 5.41 Å². The number of carboxylic acid groups (broad SMARTS) is 1. The zero-order valence-electron chi connectivity index (χ0n) is 19.7. The quantitative estimate of drug-likeness (QED) is 0.0929. The standard InChI is InChI=1S/C24H49N3O2/c1-4-5-6-7-8-9-10-11-12-13-14-15-16-17-18-19-20-21-22(23(28)29)27(2,3)24(25)26/h22H,4-21H2,1-3H3,(H3-,25,26,28,29)/p+1. The first-order chi connectivity index (χ1) is 13.8. The van der Waals surface area contributed by atoms with E-state index in [2.05, 4.69) is 6.92 Å². The molecule has 0 radical (unpaired) electrons. The van der Waals surface area contributed by atoms with Crippen molar-refractivity contribution in [2.45, 2.75) is 129 Å². The Morgan fingerprint density at radius 3 is 1.34 bits per heavy atom. The molecule has 0 aromatic carbocycles. The van der Waals surface area contributed by atoms with E-state index in [9.17, 15) is 9.90 Å². The van der Waals surface area contributed by atoms with Gasteiger partial charge < -0.3 is 10.8 Å². The van der Waals surface area contributed by atoms with Gasteiger partial charge >= 0.3 is 5.97 Å². The minimum Gasteiger partial charge on any atom is -0.477 e. The minimum atomic E-state index is -0.860. The second-order valence-corrected chi connectivity index (χ2v) is 9.22. The second kappa shape index (κ2) is 17.7. The highest BCUT2D eigenvalue weighted by Crippen LogP contribution is 2.17. The van der Waals surface area contributed by atoms with Crippen molar-refractivity contribution in [3.63, 3.8) is 0 Å². The van der Waals surface area contributed by atoms with Crippen LogP contribution in [-0.2, 0) is 4.79 Å². The van der Waals surface area contributed by atoms with Crippen molar-refractivity contribution < 1.29 is 14.4 Å². The monoisotopic (exact) mass is 412 g/mol. The third-order valence-corrected chi connectivity index (χ3v) is 6.27. The van der Waals surface area contributed by atoms with E-state index in [0.29, 0.717) is 6.42 Å². The molecule has 0 aliphatic rings. The van der Waals surface area contributed by atoms with E-state index in [-0.39, 0.29) is 10.4 Å². The van der Waals surface area contributed by atoms with Gasteiger partial charge in [-0.25, -0.2) is 10.2 Å². The van der Waals surface area contributed by atoms with Gasteiger partial charge in [-0.3, -0.25) is 4.48 Å². The van der Waals surface area contributed by atoms with Crippen molar-refractivity contribution >= 4 is 11.9 Å². The number of unbranched alkanes of at least 4 members (excludes halogenated alkanes) is 16. The van der Waals surface area contributed by atoms with Crippen LogP contribution in [0.4, 0.5) is 0 Å². The van der Waals surface area contributed by atoms with Crippen molar-refractivity contribution in [2.75, 3.05) is 14.1 Å². The summed E-state index contributed by atoms with van der Waals surface area (Å²) in [6, 6.07) is -0.621. The summed E-state index contributed by atoms with van der Waals surface area (Å²) in [5.41, 5.74) is 5.57. The molecule has 0 amide bonds. The van der Waals surface area contributed by atoms with E-state index in [0.717, 1.165) is 12.8 Å². The number of hydrogen-bond acceptors (Lipinski definition) is 2. The van der Waals surface area contributed by atoms with Gasteiger partial charge in [0.05, 0.1) is 14.1 Å². The smallest absolute Gasteiger partial charge is 0.363 e. The summed E-state index contributed by atoms with van der Waals surface area (Å²) >= 11 is 0. The van der Waals surface area contributed by atoms with Crippen LogP contribution >= 0.6 is 0 Å². The van der Waals surface area contributed by atoms with Crippen LogP contribution in [0.2, 0.25) is 0 Å². The number of hydrogen-bond donors (Lipinski definition) is 3. The summed E-state index contributed by atoms with van der Waals surface area (Å²) < 4.78 is -0.0613. The topological polar surface area (TPSA) is 87.2 Å². The van der Waals surface area contributed by atoms with Gasteiger partial charge in [0.15, 0.2) is 6.04 Å². The van der Waals surface area contributed by atoms with Crippen molar-refractivity contribution in [3.05, 3.63) is 0 Å². The molecule has 4 N–H and O–H groups in total. The van der Waals surface area contributed by atoms with Gasteiger partial charge in [-0.15, -0.1) is 0 Å². The average Bonchev–Trinajstić information content (AvgIpc) is 2.66. The Hall–Kier alpha value is -1.10. The predicted octanol–water partition coefficient (Wildman–Crippen LogP) is 6.45. The fourth-order valence-corrected chi connectivity index (χ4v) is 3.95. The number of carbonyl (C=O) groups is 1. The van der Waals surface area contributed by atoms with Crippen LogP contribution in [0.5, 0.6) is 0 Å². The van der Waals surface area contributed by atoms with Gasteiger partial charge in [0.1, 0.15) is 0 Å². The van der Waals surface area contributed by atoms with Crippen LogP contribution in [0.1, 0.15) is 122 Å². The molecule has 0 fully saturated rings. The zero-order chi connectivity index (χ0) is 22.0. The van der Waals surface area contributed by atoms with Crippen molar-refractivity contribution in [3.8, 4) is 0 Å². The summed E-state index contributed by atoms with van der Waals surface area (Å²) in [4.78, 5) is 11.5. The normalized spacial score (nSPS) is 12.8. The van der Waals surface area contributed by atoms with Crippen LogP contribution in [0.15, 0.2) is 0 Å². The van der Waals surface area contributed by atoms with Crippen LogP contribution in [0, 0.1) is 5.41 Å². The molecule has 0 aliphatic heterocycles. The van der Waals surface area contributed by atoms with E-state index in [1.54, 1.807) is 14.1 Å². The molecule has 0 aliphatic carbocycles. The Balaban J connectivity index is 3.47. The van der Waals surface area contributed by atoms with Crippen LogP contribution in [0.3, 0.4) is 0 Å². The number of quaternary nitrogens is 1. The molecule has 172 valence electrons. The lowest BCUT2D eigenvalue weighted by Crippen LogP contribution is -2.59. The SMILES string of the molecule is CCCCCCCCCCCCCCCCCCCC(C(=O)O)[N+](C)(C)C(=N)N. The Morgan fingerprint density at radius 2 is 1.07 bits per heavy atom. The molecule has 1 unspecified atom stereocenters. The molecule has 0 aromatic rings. The third-order valence-electron chi connectivity index (χ3n) is 6.27. The molecular weight excluding hydrogens is 362 g/mol. The first-order valence-electron chi connectivity index (χ1n) is 12.2. The summed E-state index contributed by atoms with van der Waals surface area (Å²) in [5, 5.41) is 17.0. The minimum absolute atomic E-state index is 0.0613. The molecule has 5 nitrogen and oxygen atoms in total. The van der Waals surface area contributed by atoms with Crippen molar-refractivity contribution in [2.24, 2.45) is 5.73 Å². The van der Waals surface area contributed by atoms with Gasteiger partial charge in [0.2, 0.25) is 0 Å². The first-order valence-corrected chi connectivity index (χ1v) is 12.2. The first kappa shape index (κ1) is 27.9. The number of aliphatic carboxylic acids is 1. The van der Waals surface area contributed by atoms with Crippen LogP contribution in [-0.4, -0.2) is 41.7 Å². The van der Waals surface area contributed by atoms with Gasteiger partial charge in [-0.2, -0.15) is 0 Å². The fraction of sp³-hybridized carbons (Fsp3) is 0.917. The van der Waals surface area contributed by atoms with Gasteiger partial charge in [0, 0.05) is 6.42 Å². The highest BCUT2D eigenvalue weighted by molar-refractivity contribution is 5.76. The number of nitrogens with one attached hydrogen (secondary N) is 1. The lowest BCUT2D eigenvalue weighted by molar-refractivity contribution is -0.820. The highest BCUT2D eigenvalue weighted by Gasteiger charge is 2.37. The molecule has 5 heteroatoms. The zero-order valence-corrected chi connectivity index (χ0v) is 19.7. The van der Waals surface area contributed by atoms with Crippen LogP contribution < -0.4 is 5.73 Å². The maximum absolute atomic E-state index is 11.5. The molecule has 0 bridgehead atoms. The van der Waals surface area contributed by atoms with E-state index in [4.69, 9.17) is 11.1 Å². The highest BCUT2D eigenvalue weighted by atomic mass is 16.4. The van der Waals surface area contributed by atoms with E-state index >= 15 is 0 Å². The number of likely N-dealkylation sites (N-methyl/N-ethyl adjacent to an activating group) is 1. The number of rotatable bonds is 20. The molecule has 0 spiro atoms. The summed E-state index contributed by atoms with van der Waals surface area (Å²) in [7, 11) is 3.41. The summed E-state index contributed by atoms with van der Waals surface area (Å²) in [6.45, 7) is 2.27. The fourth-order valence-electron chi connectivity index (χ4n) is 3.95. The number of nitrogens with two attached hydrogens (primary N) is 1. The number of carboxylic acids is 1. The molecule has 29 heavy (non-hydrogen) atoms. The predicted molar refractivity (Wildman–Crippen MR) is 124 cm³/mol. The molecule has 0 rings (SSSR count). The number of nitrogens with zero attached hydrogens (tertiary/aromatic N) is 1. The molecule has 0 heterocycles. The van der Waals surface area contributed by atoms with E-state index in [1.807, 2.05) is 0 Å². The van der Waals surface area contributed by atoms with Gasteiger partial charge in [-0.1, -0.05) is 110 Å². The Labute approximate surface area is 180 Å². The average molecular weight is 413 g/mol. The van der Waals surface area contributed by atoms with Crippen LogP contribution in [0.25, 0.3) is 0 Å². The van der Waals surface area contributed by atoms with E-state index in [1.165, 1.54) is 96.3 Å². The second-order valence-electron chi connectivity index (χ2n) is 9.22. The maximum atomic E-state index is 11.5. The van der Waals surface area contributed by atoms with Gasteiger partial charge in [0.25, 0.3) is 5.96 Å². The maximum Gasteiger partial charge on any atom is 0.363 e. The lowest BCUT2D eigenvalue weighted by atomic mass is 10.0. The molecule has 1 atom stereocenters.